The van der Waals surface area contributed by atoms with E-state index >= 15 is 0 Å². The fourth-order valence-electron chi connectivity index (χ4n) is 5.22. The van der Waals surface area contributed by atoms with Crippen molar-refractivity contribution in [2.24, 2.45) is 7.05 Å². The summed E-state index contributed by atoms with van der Waals surface area (Å²) >= 11 is 11.5. The Balaban J connectivity index is 1.45. The molecule has 30 heavy (non-hydrogen) atoms. The van der Waals surface area contributed by atoms with Crippen LogP contribution in [0.25, 0.3) is 0 Å². The van der Waals surface area contributed by atoms with Crippen LogP contribution in [0.15, 0.2) is 12.1 Å². The fourth-order valence-corrected chi connectivity index (χ4v) is 5.65. The SMILES string of the molecule is Cn1c(CC(=O)N[C@@H]2CCCOC2)c2n(c1=S)C[C@@]1(c3c(F)ccc(Cl)c3F)CC21. The predicted molar refractivity (Wildman–Crippen MR) is 110 cm³/mol. The molecule has 1 aromatic carbocycles. The molecule has 9 heteroatoms. The second-order valence-electron chi connectivity index (χ2n) is 8.55. The minimum Gasteiger partial charge on any atom is -0.379 e. The van der Waals surface area contributed by atoms with Gasteiger partial charge in [0.05, 0.1) is 24.1 Å². The molecule has 3 aliphatic rings. The van der Waals surface area contributed by atoms with Crippen molar-refractivity contribution in [2.75, 3.05) is 13.2 Å². The molecule has 0 bridgehead atoms. The first-order chi connectivity index (χ1) is 14.3. The molecular weight excluding hydrogens is 432 g/mol. The maximum atomic E-state index is 14.8. The van der Waals surface area contributed by atoms with E-state index < -0.39 is 17.0 Å². The first kappa shape index (κ1) is 20.2. The molecule has 1 aromatic heterocycles. The summed E-state index contributed by atoms with van der Waals surface area (Å²) in [5, 5.41) is 2.95. The number of carbonyl (C=O) groups is 1. The van der Waals surface area contributed by atoms with Crippen molar-refractivity contribution in [1.29, 1.82) is 0 Å². The van der Waals surface area contributed by atoms with Crippen molar-refractivity contribution in [3.05, 3.63) is 50.5 Å². The van der Waals surface area contributed by atoms with Crippen molar-refractivity contribution >= 4 is 29.7 Å². The highest BCUT2D eigenvalue weighted by molar-refractivity contribution is 7.71. The molecule has 0 radical (unpaired) electrons. The zero-order valence-corrected chi connectivity index (χ0v) is 18.1. The third-order valence-corrected chi connectivity index (χ3v) is 7.54. The molecule has 2 aliphatic heterocycles. The Morgan fingerprint density at radius 2 is 2.23 bits per heavy atom. The zero-order valence-electron chi connectivity index (χ0n) is 16.5. The number of ether oxygens (including phenoxy) is 1. The van der Waals surface area contributed by atoms with E-state index in [9.17, 15) is 13.6 Å². The van der Waals surface area contributed by atoms with Crippen molar-refractivity contribution in [1.82, 2.24) is 14.5 Å². The van der Waals surface area contributed by atoms with Crippen molar-refractivity contribution in [2.45, 2.75) is 49.6 Å². The first-order valence-corrected chi connectivity index (χ1v) is 10.9. The molecule has 1 saturated heterocycles. The van der Waals surface area contributed by atoms with Crippen molar-refractivity contribution < 1.29 is 18.3 Å². The van der Waals surface area contributed by atoms with Gasteiger partial charge in [-0.1, -0.05) is 11.6 Å². The van der Waals surface area contributed by atoms with E-state index in [-0.39, 0.29) is 34.9 Å². The quantitative estimate of drug-likeness (QED) is 0.566. The molecule has 5 nitrogen and oxygen atoms in total. The van der Waals surface area contributed by atoms with Crippen LogP contribution in [0.4, 0.5) is 8.78 Å². The molecule has 3 heterocycles. The maximum Gasteiger partial charge on any atom is 0.226 e. The van der Waals surface area contributed by atoms with Crippen LogP contribution >= 0.6 is 23.8 Å². The molecule has 3 atom stereocenters. The smallest absolute Gasteiger partial charge is 0.226 e. The summed E-state index contributed by atoms with van der Waals surface area (Å²) < 4.78 is 39.2. The summed E-state index contributed by atoms with van der Waals surface area (Å²) in [5.41, 5.74) is 1.08. The van der Waals surface area contributed by atoms with Gasteiger partial charge in [0, 0.05) is 48.5 Å². The molecule has 1 unspecified atom stereocenters. The Morgan fingerprint density at radius 1 is 1.43 bits per heavy atom. The number of nitrogens with zero attached hydrogens (tertiary/aromatic N) is 2. The van der Waals surface area contributed by atoms with Gasteiger partial charge in [0.25, 0.3) is 0 Å². The summed E-state index contributed by atoms with van der Waals surface area (Å²) in [6, 6.07) is 2.47. The van der Waals surface area contributed by atoms with Crippen LogP contribution in [0, 0.1) is 16.4 Å². The Morgan fingerprint density at radius 3 is 2.97 bits per heavy atom. The topological polar surface area (TPSA) is 48.2 Å². The highest BCUT2D eigenvalue weighted by Crippen LogP contribution is 2.67. The number of fused-ring (bicyclic) bond motifs is 3. The molecule has 0 spiro atoms. The number of aromatic nitrogens is 2. The number of hydrogen-bond donors (Lipinski definition) is 1. The standard InChI is InChI=1S/C21H22ClF2N3O2S/c1-26-15(7-16(28)25-11-3-2-6-29-9-11)19-12-8-21(12,10-27(19)20(26)30)17-14(23)5-4-13(22)18(17)24/h4-5,11-12H,2-3,6-10H2,1H3,(H,25,28)/t11-,12?,21+/m1/s1. The lowest BCUT2D eigenvalue weighted by molar-refractivity contribution is -0.122. The fraction of sp³-hybridized carbons (Fsp3) is 0.524. The summed E-state index contributed by atoms with van der Waals surface area (Å²) in [5.74, 6) is -1.46. The minimum absolute atomic E-state index is 0.0184. The number of imidazole rings is 1. The first-order valence-electron chi connectivity index (χ1n) is 10.1. The lowest BCUT2D eigenvalue weighted by Gasteiger charge is -2.23. The van der Waals surface area contributed by atoms with E-state index in [2.05, 4.69) is 5.32 Å². The van der Waals surface area contributed by atoms with Crippen LogP contribution < -0.4 is 5.32 Å². The van der Waals surface area contributed by atoms with E-state index in [1.165, 1.54) is 12.1 Å². The van der Waals surface area contributed by atoms with Crippen LogP contribution in [0.5, 0.6) is 0 Å². The molecule has 2 aromatic rings. The maximum absolute atomic E-state index is 14.8. The molecule has 1 amide bonds. The average Bonchev–Trinajstić information content (AvgIpc) is 3.27. The number of carbonyl (C=O) groups excluding carboxylic acids is 1. The largest absolute Gasteiger partial charge is 0.379 e. The van der Waals surface area contributed by atoms with Gasteiger partial charge in [0.1, 0.15) is 11.6 Å². The number of halogens is 3. The Bertz CT molecular complexity index is 1110. The van der Waals surface area contributed by atoms with Gasteiger partial charge in [-0.25, -0.2) is 8.78 Å². The number of benzene rings is 1. The van der Waals surface area contributed by atoms with Gasteiger partial charge in [0.15, 0.2) is 4.77 Å². The highest BCUT2D eigenvalue weighted by atomic mass is 35.5. The molecular formula is C21H22ClF2N3O2S. The Labute approximate surface area is 183 Å². The van der Waals surface area contributed by atoms with E-state index in [1.807, 2.05) is 16.2 Å². The van der Waals surface area contributed by atoms with E-state index in [0.29, 0.717) is 24.3 Å². The van der Waals surface area contributed by atoms with Gasteiger partial charge in [-0.3, -0.25) is 4.79 Å². The summed E-state index contributed by atoms with van der Waals surface area (Å²) in [6.07, 6.45) is 2.62. The third kappa shape index (κ3) is 2.95. The monoisotopic (exact) mass is 453 g/mol. The molecule has 1 saturated carbocycles. The molecule has 1 aliphatic carbocycles. The molecule has 1 N–H and O–H groups in total. The third-order valence-electron chi connectivity index (χ3n) is 6.75. The number of hydrogen-bond acceptors (Lipinski definition) is 3. The van der Waals surface area contributed by atoms with Crippen LogP contribution in [0.1, 0.15) is 42.1 Å². The summed E-state index contributed by atoms with van der Waals surface area (Å²) in [6.45, 7) is 1.65. The molecule has 2 fully saturated rings. The van der Waals surface area contributed by atoms with E-state index in [1.54, 1.807) is 0 Å². The van der Waals surface area contributed by atoms with E-state index in [0.717, 1.165) is 30.8 Å². The van der Waals surface area contributed by atoms with Gasteiger partial charge < -0.3 is 19.2 Å². The summed E-state index contributed by atoms with van der Waals surface area (Å²) in [4.78, 5) is 12.7. The predicted octanol–water partition coefficient (Wildman–Crippen LogP) is 3.76. The van der Waals surface area contributed by atoms with Crippen molar-refractivity contribution in [3.63, 3.8) is 0 Å². The van der Waals surface area contributed by atoms with Gasteiger partial charge in [0.2, 0.25) is 5.91 Å². The lowest BCUT2D eigenvalue weighted by atomic mass is 9.92. The van der Waals surface area contributed by atoms with Gasteiger partial charge in [-0.15, -0.1) is 0 Å². The molecule has 160 valence electrons. The van der Waals surface area contributed by atoms with Crippen LogP contribution in [-0.2, 0) is 35.0 Å². The van der Waals surface area contributed by atoms with Crippen molar-refractivity contribution in [3.8, 4) is 0 Å². The number of amides is 1. The van der Waals surface area contributed by atoms with Crippen LogP contribution in [-0.4, -0.2) is 34.3 Å². The van der Waals surface area contributed by atoms with Gasteiger partial charge in [-0.2, -0.15) is 0 Å². The average molecular weight is 454 g/mol. The minimum atomic E-state index is -0.697. The van der Waals surface area contributed by atoms with E-state index in [4.69, 9.17) is 28.6 Å². The Kier molecular flexibility index (Phi) is 4.79. The second kappa shape index (κ2) is 7.14. The Hall–Kier alpha value is -1.77. The highest BCUT2D eigenvalue weighted by Gasteiger charge is 2.64. The molecule has 5 rings (SSSR count). The number of rotatable bonds is 4. The zero-order chi connectivity index (χ0) is 21.2. The van der Waals surface area contributed by atoms with Gasteiger partial charge >= 0.3 is 0 Å². The van der Waals surface area contributed by atoms with Crippen LogP contribution in [0.3, 0.4) is 0 Å². The normalized spacial score (nSPS) is 26.9. The summed E-state index contributed by atoms with van der Waals surface area (Å²) in [7, 11) is 1.84. The second-order valence-corrected chi connectivity index (χ2v) is 9.32. The van der Waals surface area contributed by atoms with Crippen LogP contribution in [0.2, 0.25) is 5.02 Å². The lowest BCUT2D eigenvalue weighted by Crippen LogP contribution is -2.41. The van der Waals surface area contributed by atoms with Gasteiger partial charge in [-0.05, 0) is 43.6 Å². The number of nitrogens with one attached hydrogen (secondary N) is 1.